The molecule has 1 aromatic carbocycles. The molecule has 2 saturated heterocycles. The Balaban J connectivity index is 1.44. The summed E-state index contributed by atoms with van der Waals surface area (Å²) in [5, 5.41) is 0.738. The number of nitrogens with zero attached hydrogens (tertiary/aromatic N) is 4. The van der Waals surface area contributed by atoms with E-state index in [1.54, 1.807) is 4.90 Å². The Morgan fingerprint density at radius 3 is 2.33 bits per heavy atom. The highest BCUT2D eigenvalue weighted by atomic mass is 35.5. The van der Waals surface area contributed by atoms with E-state index in [4.69, 9.17) is 11.6 Å². The van der Waals surface area contributed by atoms with Gasteiger partial charge in [0.05, 0.1) is 10.7 Å². The van der Waals surface area contributed by atoms with Crippen molar-refractivity contribution >= 4 is 29.1 Å². The molecular formula is C19H22ClN5O2. The monoisotopic (exact) mass is 387 g/mol. The minimum Gasteiger partial charge on any atom is -0.367 e. The number of benzene rings is 1. The molecule has 2 aliphatic rings. The van der Waals surface area contributed by atoms with Gasteiger partial charge in [-0.3, -0.25) is 14.6 Å². The molecule has 1 amide bonds. The van der Waals surface area contributed by atoms with Gasteiger partial charge in [-0.15, -0.1) is 0 Å². The summed E-state index contributed by atoms with van der Waals surface area (Å²) >= 11 is 6.28. The second-order valence-corrected chi connectivity index (χ2v) is 7.28. The lowest BCUT2D eigenvalue weighted by atomic mass is 10.2. The quantitative estimate of drug-likeness (QED) is 0.871. The van der Waals surface area contributed by atoms with E-state index < -0.39 is 0 Å². The number of carbonyl (C=O) groups excluding carboxylic acids is 1. The molecule has 1 aromatic heterocycles. The zero-order valence-corrected chi connectivity index (χ0v) is 15.8. The third kappa shape index (κ3) is 3.64. The number of H-pyrrole nitrogens is 1. The maximum absolute atomic E-state index is 12.4. The maximum atomic E-state index is 12.4. The van der Waals surface area contributed by atoms with E-state index >= 15 is 0 Å². The molecule has 1 N–H and O–H groups in total. The average Bonchev–Trinajstić information content (AvgIpc) is 3.23. The molecule has 0 bridgehead atoms. The van der Waals surface area contributed by atoms with Crippen LogP contribution in [-0.4, -0.2) is 60.0 Å². The fourth-order valence-electron chi connectivity index (χ4n) is 3.66. The van der Waals surface area contributed by atoms with Crippen molar-refractivity contribution in [3.8, 4) is 0 Å². The van der Waals surface area contributed by atoms with Crippen molar-refractivity contribution in [1.29, 1.82) is 0 Å². The van der Waals surface area contributed by atoms with Crippen molar-refractivity contribution in [3.63, 3.8) is 0 Å². The predicted octanol–water partition coefficient (Wildman–Crippen LogP) is 1.99. The van der Waals surface area contributed by atoms with Crippen LogP contribution in [0.4, 0.5) is 11.6 Å². The predicted molar refractivity (Wildman–Crippen MR) is 106 cm³/mol. The summed E-state index contributed by atoms with van der Waals surface area (Å²) in [6, 6.07) is 7.79. The first-order chi connectivity index (χ1) is 13.1. The number of halogens is 1. The Labute approximate surface area is 162 Å². The standard InChI is InChI=1S/C19H22ClN5O2/c20-15-5-1-2-6-16(15)23-9-11-25(12-10-23)19-21-13-14(17(26)22-19)18(27)24-7-3-4-8-24/h1-2,5-6,13H,3-4,7-12H2,(H,21,22,26). The Hall–Kier alpha value is -2.54. The van der Waals surface area contributed by atoms with Crippen LogP contribution in [0.1, 0.15) is 23.2 Å². The number of para-hydroxylation sites is 1. The van der Waals surface area contributed by atoms with Crippen molar-refractivity contribution in [3.05, 3.63) is 51.4 Å². The molecule has 2 fully saturated rings. The molecule has 2 aliphatic heterocycles. The van der Waals surface area contributed by atoms with Gasteiger partial charge in [0.2, 0.25) is 5.95 Å². The first-order valence-electron chi connectivity index (χ1n) is 9.26. The fourth-order valence-corrected chi connectivity index (χ4v) is 3.91. The van der Waals surface area contributed by atoms with Crippen LogP contribution in [0.25, 0.3) is 0 Å². The number of anilines is 2. The van der Waals surface area contributed by atoms with Gasteiger partial charge in [-0.2, -0.15) is 0 Å². The molecular weight excluding hydrogens is 366 g/mol. The van der Waals surface area contributed by atoms with Crippen molar-refractivity contribution in [2.24, 2.45) is 0 Å². The van der Waals surface area contributed by atoms with Crippen LogP contribution in [-0.2, 0) is 0 Å². The van der Waals surface area contributed by atoms with Gasteiger partial charge < -0.3 is 14.7 Å². The molecule has 0 aliphatic carbocycles. The van der Waals surface area contributed by atoms with E-state index in [0.717, 1.165) is 36.6 Å². The summed E-state index contributed by atoms with van der Waals surface area (Å²) in [5.74, 6) is 0.285. The molecule has 0 radical (unpaired) electrons. The molecule has 4 rings (SSSR count). The Morgan fingerprint density at radius 1 is 1.00 bits per heavy atom. The number of hydrogen-bond acceptors (Lipinski definition) is 5. The molecule has 8 heteroatoms. The number of amides is 1. The third-order valence-electron chi connectivity index (χ3n) is 5.18. The number of piperazine rings is 1. The minimum absolute atomic E-state index is 0.121. The number of likely N-dealkylation sites (tertiary alicyclic amines) is 1. The summed E-state index contributed by atoms with van der Waals surface area (Å²) < 4.78 is 0. The van der Waals surface area contributed by atoms with Gasteiger partial charge in [0, 0.05) is 45.5 Å². The van der Waals surface area contributed by atoms with Crippen LogP contribution >= 0.6 is 11.6 Å². The lowest BCUT2D eigenvalue weighted by molar-refractivity contribution is 0.0790. The molecule has 0 unspecified atom stereocenters. The summed E-state index contributed by atoms with van der Waals surface area (Å²) in [5.41, 5.74) is 0.771. The van der Waals surface area contributed by atoms with Crippen LogP contribution in [0.2, 0.25) is 5.02 Å². The lowest BCUT2D eigenvalue weighted by Gasteiger charge is -2.36. The third-order valence-corrected chi connectivity index (χ3v) is 5.50. The number of aromatic amines is 1. The molecule has 142 valence electrons. The van der Waals surface area contributed by atoms with Gasteiger partial charge >= 0.3 is 0 Å². The largest absolute Gasteiger partial charge is 0.367 e. The fraction of sp³-hybridized carbons (Fsp3) is 0.421. The second-order valence-electron chi connectivity index (χ2n) is 6.87. The van der Waals surface area contributed by atoms with Crippen LogP contribution in [0.15, 0.2) is 35.3 Å². The zero-order valence-electron chi connectivity index (χ0n) is 15.0. The van der Waals surface area contributed by atoms with Crippen LogP contribution in [0.3, 0.4) is 0 Å². The smallest absolute Gasteiger partial charge is 0.265 e. The zero-order chi connectivity index (χ0) is 18.8. The van der Waals surface area contributed by atoms with Gasteiger partial charge in [0.25, 0.3) is 11.5 Å². The van der Waals surface area contributed by atoms with E-state index in [1.807, 2.05) is 29.2 Å². The number of nitrogens with one attached hydrogen (secondary N) is 1. The van der Waals surface area contributed by atoms with Crippen LogP contribution in [0.5, 0.6) is 0 Å². The van der Waals surface area contributed by atoms with E-state index in [-0.39, 0.29) is 17.0 Å². The van der Waals surface area contributed by atoms with Crippen LogP contribution < -0.4 is 15.4 Å². The van der Waals surface area contributed by atoms with Crippen molar-refractivity contribution in [2.45, 2.75) is 12.8 Å². The van der Waals surface area contributed by atoms with Crippen molar-refractivity contribution in [1.82, 2.24) is 14.9 Å². The van der Waals surface area contributed by atoms with Gasteiger partial charge in [0.1, 0.15) is 5.56 Å². The van der Waals surface area contributed by atoms with E-state index in [9.17, 15) is 9.59 Å². The minimum atomic E-state index is -0.370. The highest BCUT2D eigenvalue weighted by Gasteiger charge is 2.24. The summed E-state index contributed by atoms with van der Waals surface area (Å²) in [6.07, 6.45) is 3.39. The highest BCUT2D eigenvalue weighted by Crippen LogP contribution is 2.26. The molecule has 3 heterocycles. The van der Waals surface area contributed by atoms with E-state index in [1.165, 1.54) is 6.20 Å². The summed E-state index contributed by atoms with van der Waals surface area (Å²) in [4.78, 5) is 37.9. The van der Waals surface area contributed by atoms with Crippen molar-refractivity contribution < 1.29 is 4.79 Å². The number of aromatic nitrogens is 2. The SMILES string of the molecule is O=C(c1cnc(N2CCN(c3ccccc3Cl)CC2)[nH]c1=O)N1CCCC1. The van der Waals surface area contributed by atoms with E-state index in [0.29, 0.717) is 32.1 Å². The molecule has 7 nitrogen and oxygen atoms in total. The molecule has 0 saturated carbocycles. The number of carbonyl (C=O) groups is 1. The van der Waals surface area contributed by atoms with Crippen molar-refractivity contribution in [2.75, 3.05) is 49.1 Å². The Kier molecular flexibility index (Phi) is 5.03. The van der Waals surface area contributed by atoms with Crippen LogP contribution in [0, 0.1) is 0 Å². The van der Waals surface area contributed by atoms with Gasteiger partial charge in [0.15, 0.2) is 0 Å². The second kappa shape index (κ2) is 7.60. The highest BCUT2D eigenvalue weighted by molar-refractivity contribution is 6.33. The number of rotatable bonds is 3. The Bertz CT molecular complexity index is 886. The maximum Gasteiger partial charge on any atom is 0.265 e. The van der Waals surface area contributed by atoms with Gasteiger partial charge in [-0.25, -0.2) is 4.98 Å². The lowest BCUT2D eigenvalue weighted by Crippen LogP contribution is -2.47. The molecule has 0 atom stereocenters. The topological polar surface area (TPSA) is 72.5 Å². The van der Waals surface area contributed by atoms with E-state index in [2.05, 4.69) is 14.9 Å². The molecule has 0 spiro atoms. The molecule has 27 heavy (non-hydrogen) atoms. The average molecular weight is 388 g/mol. The Morgan fingerprint density at radius 2 is 1.67 bits per heavy atom. The first-order valence-corrected chi connectivity index (χ1v) is 9.64. The molecule has 2 aromatic rings. The summed E-state index contributed by atoms with van der Waals surface area (Å²) in [7, 11) is 0. The number of hydrogen-bond donors (Lipinski definition) is 1. The normalized spacial score (nSPS) is 17.4. The van der Waals surface area contributed by atoms with Gasteiger partial charge in [-0.05, 0) is 25.0 Å². The summed E-state index contributed by atoms with van der Waals surface area (Å²) in [6.45, 7) is 4.42. The first kappa shape index (κ1) is 17.9. The van der Waals surface area contributed by atoms with Gasteiger partial charge in [-0.1, -0.05) is 23.7 Å².